The fraction of sp³-hybridized carbons (Fsp3) is 0.333. The van der Waals surface area contributed by atoms with Crippen LogP contribution in [0.4, 0.5) is 18.9 Å². The number of halogens is 4. The quantitative estimate of drug-likeness (QED) is 0.641. The van der Waals surface area contributed by atoms with Gasteiger partial charge in [-0.25, -0.2) is 0 Å². The summed E-state index contributed by atoms with van der Waals surface area (Å²) in [5.74, 6) is 0. The third-order valence-electron chi connectivity index (χ3n) is 6.07. The summed E-state index contributed by atoms with van der Waals surface area (Å²) in [4.78, 5) is 0. The number of nitrogens with one attached hydrogen (secondary N) is 1. The Bertz CT molecular complexity index is 990. The second kappa shape index (κ2) is 7.18. The zero-order valence-electron chi connectivity index (χ0n) is 17.1. The lowest BCUT2D eigenvalue weighted by molar-refractivity contribution is -0.137. The number of hydrogen-bond donors (Lipinski definition) is 1. The molecular weight excluding hydrogens is 457 g/mol. The summed E-state index contributed by atoms with van der Waals surface area (Å²) in [7, 11) is -0.545. The minimum atomic E-state index is -4.36. The molecule has 0 aromatic heterocycles. The highest BCUT2D eigenvalue weighted by Crippen LogP contribution is 2.38. The van der Waals surface area contributed by atoms with E-state index in [4.69, 9.17) is 9.31 Å². The summed E-state index contributed by atoms with van der Waals surface area (Å²) >= 11 is 3.58. The van der Waals surface area contributed by atoms with Gasteiger partial charge >= 0.3 is 20.1 Å². The molecule has 2 heterocycles. The minimum Gasteiger partial charge on any atom is -0.420 e. The molecule has 1 fully saturated rings. The van der Waals surface area contributed by atoms with Gasteiger partial charge in [-0.2, -0.15) is 13.2 Å². The van der Waals surface area contributed by atoms with Crippen LogP contribution in [0.15, 0.2) is 46.8 Å². The second-order valence-electron chi connectivity index (χ2n) is 8.63. The van der Waals surface area contributed by atoms with E-state index >= 15 is 0 Å². The highest BCUT2D eigenvalue weighted by atomic mass is 79.9. The van der Waals surface area contributed by atoms with Crippen LogP contribution < -0.4 is 16.2 Å². The third kappa shape index (κ3) is 3.72. The van der Waals surface area contributed by atoms with Crippen LogP contribution in [-0.2, 0) is 15.5 Å². The third-order valence-corrected chi connectivity index (χ3v) is 6.75. The van der Waals surface area contributed by atoms with Gasteiger partial charge in [-0.1, -0.05) is 63.9 Å². The van der Waals surface area contributed by atoms with Crippen LogP contribution in [0.25, 0.3) is 6.08 Å². The molecule has 156 valence electrons. The number of alkyl halides is 3. The van der Waals surface area contributed by atoms with E-state index in [1.807, 2.05) is 52.0 Å². The molecule has 0 aliphatic carbocycles. The van der Waals surface area contributed by atoms with Crippen molar-refractivity contribution in [3.05, 3.63) is 58.0 Å². The number of benzene rings is 2. The molecule has 1 N–H and O–H groups in total. The smallest absolute Gasteiger partial charge is 0.420 e. The molecule has 0 bridgehead atoms. The van der Waals surface area contributed by atoms with Crippen LogP contribution in [0.3, 0.4) is 0 Å². The maximum atomic E-state index is 12.9. The first-order valence-electron chi connectivity index (χ1n) is 9.68. The molecule has 9 heteroatoms. The predicted molar refractivity (Wildman–Crippen MR) is 120 cm³/mol. The van der Waals surface area contributed by atoms with E-state index in [2.05, 4.69) is 21.2 Å². The Kier molecular flexibility index (Phi) is 5.15. The molecule has 2 aromatic carbocycles. The maximum Gasteiger partial charge on any atom is 0.496 e. The Labute approximate surface area is 183 Å². The molecule has 30 heavy (non-hydrogen) atoms. The van der Waals surface area contributed by atoms with E-state index in [9.17, 15) is 13.2 Å². The van der Waals surface area contributed by atoms with Gasteiger partial charge in [-0.3, -0.25) is 0 Å². The first-order chi connectivity index (χ1) is 13.9. The van der Waals surface area contributed by atoms with Crippen LogP contribution in [0, 0.1) is 0 Å². The number of anilines is 1. The van der Waals surface area contributed by atoms with Crippen molar-refractivity contribution >= 4 is 52.6 Å². The molecule has 0 saturated carbocycles. The van der Waals surface area contributed by atoms with Crippen molar-refractivity contribution < 1.29 is 22.5 Å². The van der Waals surface area contributed by atoms with Crippen LogP contribution in [-0.4, -0.2) is 25.2 Å². The van der Waals surface area contributed by atoms with Gasteiger partial charge in [0.1, 0.15) is 0 Å². The fourth-order valence-electron chi connectivity index (χ4n) is 3.59. The zero-order valence-corrected chi connectivity index (χ0v) is 18.7. The number of rotatable bonds is 2. The van der Waals surface area contributed by atoms with E-state index < -0.39 is 30.1 Å². The summed E-state index contributed by atoms with van der Waals surface area (Å²) in [6, 6.07) is 11.1. The molecule has 3 nitrogen and oxygen atoms in total. The predicted octanol–water partition coefficient (Wildman–Crippen LogP) is 4.60. The minimum absolute atomic E-state index is 0.316. The largest absolute Gasteiger partial charge is 0.496 e. The monoisotopic (exact) mass is 477 g/mol. The fourth-order valence-corrected chi connectivity index (χ4v) is 4.22. The average Bonchev–Trinajstić information content (AvgIpc) is 2.87. The molecular formula is C21H21B2BrF3NO2. The summed E-state index contributed by atoms with van der Waals surface area (Å²) in [6.45, 7) is 7.67. The highest BCUT2D eigenvalue weighted by Gasteiger charge is 2.52. The Morgan fingerprint density at radius 1 is 0.933 bits per heavy atom. The molecule has 2 aliphatic heterocycles. The zero-order chi connectivity index (χ0) is 21.9. The van der Waals surface area contributed by atoms with Crippen LogP contribution in [0.1, 0.15) is 38.8 Å². The number of para-hydroxylation sites is 1. The normalized spacial score (nSPS) is 19.9. The molecule has 0 unspecified atom stereocenters. The Balaban J connectivity index is 1.68. The van der Waals surface area contributed by atoms with Gasteiger partial charge in [-0.15, -0.1) is 0 Å². The molecule has 0 atom stereocenters. The van der Waals surface area contributed by atoms with Gasteiger partial charge in [0.15, 0.2) is 0 Å². The van der Waals surface area contributed by atoms with Crippen LogP contribution in [0.5, 0.6) is 0 Å². The second-order valence-corrected chi connectivity index (χ2v) is 9.54. The van der Waals surface area contributed by atoms with Gasteiger partial charge < -0.3 is 14.5 Å². The lowest BCUT2D eigenvalue weighted by atomic mass is 9.53. The van der Waals surface area contributed by atoms with E-state index in [0.717, 1.165) is 38.7 Å². The van der Waals surface area contributed by atoms with E-state index in [1.54, 1.807) is 0 Å². The van der Waals surface area contributed by atoms with Gasteiger partial charge in [0.25, 0.3) is 0 Å². The number of hydrogen-bond acceptors (Lipinski definition) is 3. The lowest BCUT2D eigenvalue weighted by Gasteiger charge is -2.32. The molecule has 4 rings (SSSR count). The summed E-state index contributed by atoms with van der Waals surface area (Å²) in [6.07, 6.45) is -2.38. The molecule has 0 spiro atoms. The Hall–Kier alpha value is -1.70. The SMILES string of the molecule is CC1(C)OB(c2cccc3c2NB(c2ccc(C(F)(F)F)cc2)C(Br)=C3)OC1(C)C. The van der Waals surface area contributed by atoms with Crippen molar-refractivity contribution in [2.24, 2.45) is 0 Å². The van der Waals surface area contributed by atoms with Crippen LogP contribution in [0.2, 0.25) is 0 Å². The number of fused-ring (bicyclic) bond motifs is 1. The van der Waals surface area contributed by atoms with Gasteiger partial charge in [0.05, 0.1) is 16.8 Å². The lowest BCUT2D eigenvalue weighted by Crippen LogP contribution is -2.45. The molecule has 1 saturated heterocycles. The van der Waals surface area contributed by atoms with Crippen molar-refractivity contribution in [1.29, 1.82) is 0 Å². The van der Waals surface area contributed by atoms with Crippen molar-refractivity contribution in [2.75, 3.05) is 5.23 Å². The molecule has 0 radical (unpaired) electrons. The van der Waals surface area contributed by atoms with E-state index in [-0.39, 0.29) is 6.85 Å². The summed E-state index contributed by atoms with van der Waals surface area (Å²) in [5, 5.41) is 3.47. The van der Waals surface area contributed by atoms with E-state index in [1.165, 1.54) is 12.1 Å². The maximum absolute atomic E-state index is 12.9. The highest BCUT2D eigenvalue weighted by molar-refractivity contribution is 9.12. The molecule has 2 aliphatic rings. The summed E-state index contributed by atoms with van der Waals surface area (Å²) < 4.78 is 52.0. The van der Waals surface area contributed by atoms with Gasteiger partial charge in [-0.05, 0) is 43.7 Å². The van der Waals surface area contributed by atoms with Crippen LogP contribution >= 0.6 is 15.9 Å². The standard InChI is InChI=1S/C21H21B2BrF3NO2/c1-19(2)20(3,4)30-23(29-19)16-7-5-6-13-12-17(24)22(28-18(13)16)15-10-8-14(9-11-15)21(25,26)27/h5-12,28H,1-4H3. The van der Waals surface area contributed by atoms with Crippen molar-refractivity contribution in [2.45, 2.75) is 45.1 Å². The molecule has 0 amide bonds. The van der Waals surface area contributed by atoms with Crippen molar-refractivity contribution in [1.82, 2.24) is 0 Å². The topological polar surface area (TPSA) is 30.5 Å². The molecule has 2 aromatic rings. The van der Waals surface area contributed by atoms with Gasteiger partial charge in [0.2, 0.25) is 0 Å². The Morgan fingerprint density at radius 3 is 2.10 bits per heavy atom. The average molecular weight is 478 g/mol. The van der Waals surface area contributed by atoms with E-state index in [0.29, 0.717) is 0 Å². The van der Waals surface area contributed by atoms with Crippen molar-refractivity contribution in [3.8, 4) is 0 Å². The first kappa shape index (κ1) is 21.5. The van der Waals surface area contributed by atoms with Gasteiger partial charge in [0, 0.05) is 11.2 Å². The Morgan fingerprint density at radius 2 is 1.53 bits per heavy atom. The first-order valence-corrected chi connectivity index (χ1v) is 10.5. The van der Waals surface area contributed by atoms with Crippen molar-refractivity contribution in [3.63, 3.8) is 0 Å². The summed E-state index contributed by atoms with van der Waals surface area (Å²) in [5.41, 5.74) is 1.78.